The summed E-state index contributed by atoms with van der Waals surface area (Å²) in [5.74, 6) is 1.17. The van der Waals surface area contributed by atoms with Crippen LogP contribution in [0.25, 0.3) is 0 Å². The number of fused-ring (bicyclic) bond motifs is 2. The molecule has 0 saturated heterocycles. The third-order valence-electron chi connectivity index (χ3n) is 2.55. The molecule has 1 fully saturated rings. The van der Waals surface area contributed by atoms with Crippen molar-refractivity contribution in [2.24, 2.45) is 11.8 Å². The van der Waals surface area contributed by atoms with Gasteiger partial charge in [0.25, 0.3) is 6.10 Å². The Labute approximate surface area is 67.7 Å². The minimum Gasteiger partial charge on any atom is -0.196 e. The van der Waals surface area contributed by atoms with Crippen molar-refractivity contribution >= 4 is 0 Å². The highest BCUT2D eigenvalue weighted by molar-refractivity contribution is 5.22. The first-order chi connectivity index (χ1) is 5.42. The van der Waals surface area contributed by atoms with Crippen LogP contribution >= 0.6 is 0 Å². The Balaban J connectivity index is 2.21. The van der Waals surface area contributed by atoms with Gasteiger partial charge in [-0.2, -0.15) is 4.74 Å². The second-order valence-corrected chi connectivity index (χ2v) is 3.17. The molecule has 2 aliphatic carbocycles. The van der Waals surface area contributed by atoms with Gasteiger partial charge in [-0.15, -0.1) is 0 Å². The molecule has 0 N–H and O–H groups in total. The zero-order valence-electron chi connectivity index (χ0n) is 6.79. The molecular formula is C10H13O+. The molecule has 11 heavy (non-hydrogen) atoms. The molecule has 0 aromatic heterocycles. The van der Waals surface area contributed by atoms with Gasteiger partial charge in [-0.3, -0.25) is 0 Å². The van der Waals surface area contributed by atoms with Crippen LogP contribution in [0.3, 0.4) is 0 Å². The monoisotopic (exact) mass is 149 g/mol. The lowest BCUT2D eigenvalue weighted by atomic mass is 10.0. The predicted molar refractivity (Wildman–Crippen MR) is 44.7 cm³/mol. The maximum absolute atomic E-state index is 5.37. The van der Waals surface area contributed by atoms with Gasteiger partial charge in [-0.1, -0.05) is 12.2 Å². The summed E-state index contributed by atoms with van der Waals surface area (Å²) in [6, 6.07) is 0. The van der Waals surface area contributed by atoms with Crippen LogP contribution in [0.5, 0.6) is 0 Å². The van der Waals surface area contributed by atoms with E-state index >= 15 is 0 Å². The number of hydrogen-bond acceptors (Lipinski definition) is 1. The van der Waals surface area contributed by atoms with Crippen molar-refractivity contribution in [1.29, 1.82) is 0 Å². The summed E-state index contributed by atoms with van der Waals surface area (Å²) in [5.41, 5.74) is 0. The van der Waals surface area contributed by atoms with Gasteiger partial charge in [0.05, 0.1) is 7.11 Å². The fraction of sp³-hybridized carbons (Fsp3) is 0.500. The molecule has 0 radical (unpaired) electrons. The number of hydrogen-bond donors (Lipinski definition) is 0. The zero-order chi connectivity index (χ0) is 7.68. The molecule has 1 heteroatoms. The van der Waals surface area contributed by atoms with Gasteiger partial charge in [0.15, 0.2) is 11.8 Å². The van der Waals surface area contributed by atoms with E-state index in [2.05, 4.69) is 24.3 Å². The SMILES string of the molecule is CO[C+]1C2C=CC=CC1CC2. The van der Waals surface area contributed by atoms with E-state index in [1.165, 1.54) is 18.9 Å². The maximum atomic E-state index is 5.37. The molecule has 2 unspecified atom stereocenters. The molecule has 2 bridgehead atoms. The summed E-state index contributed by atoms with van der Waals surface area (Å²) in [4.78, 5) is 0. The Morgan fingerprint density at radius 2 is 1.73 bits per heavy atom. The van der Waals surface area contributed by atoms with Gasteiger partial charge in [0, 0.05) is 12.8 Å². The highest BCUT2D eigenvalue weighted by Gasteiger charge is 2.46. The molecule has 0 spiro atoms. The first-order valence-corrected chi connectivity index (χ1v) is 4.17. The average molecular weight is 149 g/mol. The number of methoxy groups -OCH3 is 1. The molecule has 0 amide bonds. The third-order valence-corrected chi connectivity index (χ3v) is 2.55. The molecule has 0 aromatic rings. The summed E-state index contributed by atoms with van der Waals surface area (Å²) in [6.45, 7) is 0. The molecule has 0 heterocycles. The summed E-state index contributed by atoms with van der Waals surface area (Å²) < 4.78 is 5.37. The van der Waals surface area contributed by atoms with Gasteiger partial charge in [-0.05, 0) is 12.2 Å². The quantitative estimate of drug-likeness (QED) is 0.520. The van der Waals surface area contributed by atoms with Crippen molar-refractivity contribution in [1.82, 2.24) is 0 Å². The summed E-state index contributed by atoms with van der Waals surface area (Å²) in [5, 5.41) is 0. The van der Waals surface area contributed by atoms with Crippen molar-refractivity contribution in [2.75, 3.05) is 7.11 Å². The van der Waals surface area contributed by atoms with Gasteiger partial charge >= 0.3 is 0 Å². The Kier molecular flexibility index (Phi) is 1.74. The minimum atomic E-state index is 0.583. The minimum absolute atomic E-state index is 0.583. The molecular weight excluding hydrogens is 136 g/mol. The summed E-state index contributed by atoms with van der Waals surface area (Å²) >= 11 is 0. The summed E-state index contributed by atoms with van der Waals surface area (Å²) in [6.07, 6.45) is 12.5. The van der Waals surface area contributed by atoms with Crippen molar-refractivity contribution in [3.05, 3.63) is 30.4 Å². The van der Waals surface area contributed by atoms with E-state index in [1.807, 2.05) is 0 Å². The van der Waals surface area contributed by atoms with Crippen LogP contribution in [0, 0.1) is 17.9 Å². The van der Waals surface area contributed by atoms with E-state index in [-0.39, 0.29) is 0 Å². The summed E-state index contributed by atoms with van der Waals surface area (Å²) in [7, 11) is 1.79. The van der Waals surface area contributed by atoms with E-state index in [9.17, 15) is 0 Å². The van der Waals surface area contributed by atoms with E-state index in [4.69, 9.17) is 4.74 Å². The zero-order valence-corrected chi connectivity index (χ0v) is 6.79. The molecule has 2 aliphatic rings. The lowest BCUT2D eigenvalue weighted by Crippen LogP contribution is -2.10. The molecule has 1 saturated carbocycles. The second-order valence-electron chi connectivity index (χ2n) is 3.17. The van der Waals surface area contributed by atoms with Crippen LogP contribution in [-0.4, -0.2) is 7.11 Å². The Bertz CT molecular complexity index is 173. The molecule has 2 atom stereocenters. The van der Waals surface area contributed by atoms with E-state index < -0.39 is 0 Å². The molecule has 1 nitrogen and oxygen atoms in total. The number of rotatable bonds is 1. The van der Waals surface area contributed by atoms with Crippen molar-refractivity contribution in [2.45, 2.75) is 12.8 Å². The smallest absolute Gasteiger partial charge is 0.196 e. The lowest BCUT2D eigenvalue weighted by Gasteiger charge is -2.02. The maximum Gasteiger partial charge on any atom is 0.254 e. The fourth-order valence-corrected chi connectivity index (χ4v) is 2.00. The van der Waals surface area contributed by atoms with Crippen LogP contribution in [-0.2, 0) is 4.74 Å². The van der Waals surface area contributed by atoms with Crippen LogP contribution < -0.4 is 0 Å². The van der Waals surface area contributed by atoms with Crippen LogP contribution in [0.1, 0.15) is 12.8 Å². The number of ether oxygens (including phenoxy) is 1. The van der Waals surface area contributed by atoms with Crippen LogP contribution in [0.2, 0.25) is 0 Å². The van der Waals surface area contributed by atoms with Gasteiger partial charge < -0.3 is 0 Å². The van der Waals surface area contributed by atoms with Gasteiger partial charge in [0.1, 0.15) is 0 Å². The van der Waals surface area contributed by atoms with Crippen LogP contribution in [0.4, 0.5) is 0 Å². The first-order valence-electron chi connectivity index (χ1n) is 4.17. The van der Waals surface area contributed by atoms with Crippen molar-refractivity contribution in [3.8, 4) is 0 Å². The van der Waals surface area contributed by atoms with E-state index in [0.717, 1.165) is 0 Å². The molecule has 58 valence electrons. The van der Waals surface area contributed by atoms with Crippen molar-refractivity contribution < 1.29 is 4.74 Å². The molecule has 0 aliphatic heterocycles. The van der Waals surface area contributed by atoms with Gasteiger partial charge in [-0.25, -0.2) is 0 Å². The molecule has 2 rings (SSSR count). The Morgan fingerprint density at radius 1 is 1.18 bits per heavy atom. The van der Waals surface area contributed by atoms with Crippen molar-refractivity contribution in [3.63, 3.8) is 0 Å². The highest BCUT2D eigenvalue weighted by atomic mass is 16.5. The lowest BCUT2D eigenvalue weighted by molar-refractivity contribution is 0.165. The topological polar surface area (TPSA) is 9.23 Å². The third kappa shape index (κ3) is 1.10. The normalized spacial score (nSPS) is 34.5. The van der Waals surface area contributed by atoms with E-state index in [0.29, 0.717) is 11.8 Å². The van der Waals surface area contributed by atoms with Crippen LogP contribution in [0.15, 0.2) is 24.3 Å². The second kappa shape index (κ2) is 2.74. The fourth-order valence-electron chi connectivity index (χ4n) is 2.00. The largest absolute Gasteiger partial charge is 0.254 e. The van der Waals surface area contributed by atoms with E-state index in [1.54, 1.807) is 7.11 Å². The Hall–Kier alpha value is -0.690. The standard InChI is InChI=1S/C10H13O/c1-11-10-8-4-2-3-5-9(10)7-6-8/h2-5,8-9H,6-7H2,1H3/q+1. The average Bonchev–Trinajstić information content (AvgIpc) is 2.23. The highest BCUT2D eigenvalue weighted by Crippen LogP contribution is 2.42. The number of allylic oxidation sites excluding steroid dienone is 2. The molecule has 0 aromatic carbocycles. The predicted octanol–water partition coefficient (Wildman–Crippen LogP) is 2.32. The first kappa shape index (κ1) is 6.99. The Morgan fingerprint density at radius 3 is 2.18 bits per heavy atom. The van der Waals surface area contributed by atoms with Gasteiger partial charge in [0.2, 0.25) is 0 Å².